The van der Waals surface area contributed by atoms with Crippen molar-refractivity contribution in [1.82, 2.24) is 0 Å². The Labute approximate surface area is 76.7 Å². The molecule has 74 valence electrons. The van der Waals surface area contributed by atoms with Crippen LogP contribution in [0.1, 0.15) is 47.5 Å². The minimum absolute atomic E-state index is 0.134. The molecule has 0 aromatic heterocycles. The van der Waals surface area contributed by atoms with Crippen LogP contribution in [0.25, 0.3) is 0 Å². The van der Waals surface area contributed by atoms with Crippen molar-refractivity contribution in [1.29, 1.82) is 0 Å². The lowest BCUT2D eigenvalue weighted by molar-refractivity contribution is 0.301. The zero-order valence-corrected chi connectivity index (χ0v) is 9.15. The maximum Gasteiger partial charge on any atom is 0.0112 e. The van der Waals surface area contributed by atoms with Gasteiger partial charge in [-0.05, 0) is 32.1 Å². The normalized spacial score (nSPS) is 16.2. The molecule has 0 saturated carbocycles. The van der Waals surface area contributed by atoms with Gasteiger partial charge in [0, 0.05) is 11.6 Å². The molecule has 0 aliphatic rings. The first-order valence-corrected chi connectivity index (χ1v) is 4.65. The van der Waals surface area contributed by atoms with Gasteiger partial charge in [0.2, 0.25) is 0 Å². The van der Waals surface area contributed by atoms with Crippen molar-refractivity contribution in [2.24, 2.45) is 16.9 Å². The molecule has 2 heteroatoms. The standard InChI is InChI=1S/C10H24N2/c1-9(2,3)6-8(11)7-10(4,5)12/h8H,6-7,11-12H2,1-5H3. The fourth-order valence-electron chi connectivity index (χ4n) is 1.53. The summed E-state index contributed by atoms with van der Waals surface area (Å²) >= 11 is 0. The SMILES string of the molecule is CC(C)(C)CC(N)CC(C)(C)N. The van der Waals surface area contributed by atoms with Gasteiger partial charge in [0.1, 0.15) is 0 Å². The predicted molar refractivity (Wildman–Crippen MR) is 54.9 cm³/mol. The van der Waals surface area contributed by atoms with Crippen LogP contribution < -0.4 is 11.5 Å². The Morgan fingerprint density at radius 2 is 1.42 bits per heavy atom. The first-order chi connectivity index (χ1) is 5.10. The molecule has 0 rings (SSSR count). The second kappa shape index (κ2) is 3.75. The Morgan fingerprint density at radius 3 is 1.67 bits per heavy atom. The van der Waals surface area contributed by atoms with Crippen molar-refractivity contribution in [2.45, 2.75) is 59.0 Å². The van der Waals surface area contributed by atoms with Crippen molar-refractivity contribution in [3.05, 3.63) is 0 Å². The summed E-state index contributed by atoms with van der Waals surface area (Å²) in [6.45, 7) is 10.7. The second-order valence-electron chi connectivity index (χ2n) is 5.72. The Bertz CT molecular complexity index is 112. The Kier molecular flexibility index (Phi) is 3.73. The molecule has 0 radical (unpaired) electrons. The molecule has 4 N–H and O–H groups in total. The van der Waals surface area contributed by atoms with E-state index in [9.17, 15) is 0 Å². The van der Waals surface area contributed by atoms with Crippen LogP contribution in [-0.2, 0) is 0 Å². The minimum Gasteiger partial charge on any atom is -0.328 e. The molecule has 0 aromatic rings. The van der Waals surface area contributed by atoms with Gasteiger partial charge in [0.25, 0.3) is 0 Å². The van der Waals surface area contributed by atoms with Gasteiger partial charge in [0.05, 0.1) is 0 Å². The topological polar surface area (TPSA) is 52.0 Å². The molecule has 0 bridgehead atoms. The fraction of sp³-hybridized carbons (Fsp3) is 1.00. The summed E-state index contributed by atoms with van der Waals surface area (Å²) < 4.78 is 0. The van der Waals surface area contributed by atoms with E-state index in [1.807, 2.05) is 13.8 Å². The Morgan fingerprint density at radius 1 is 1.00 bits per heavy atom. The first kappa shape index (κ1) is 11.9. The Hall–Kier alpha value is -0.0800. The third kappa shape index (κ3) is 8.02. The molecule has 0 aliphatic heterocycles. The van der Waals surface area contributed by atoms with Crippen LogP contribution in [0.4, 0.5) is 0 Å². The monoisotopic (exact) mass is 172 g/mol. The van der Waals surface area contributed by atoms with E-state index in [2.05, 4.69) is 20.8 Å². The summed E-state index contributed by atoms with van der Waals surface area (Å²) in [6.07, 6.45) is 1.93. The number of hydrogen-bond donors (Lipinski definition) is 2. The maximum absolute atomic E-state index is 5.97. The van der Waals surface area contributed by atoms with Crippen LogP contribution in [-0.4, -0.2) is 11.6 Å². The average molecular weight is 172 g/mol. The van der Waals surface area contributed by atoms with Crippen molar-refractivity contribution in [3.8, 4) is 0 Å². The molecule has 0 aliphatic carbocycles. The lowest BCUT2D eigenvalue weighted by atomic mass is 9.84. The van der Waals surface area contributed by atoms with E-state index in [0.717, 1.165) is 12.8 Å². The van der Waals surface area contributed by atoms with E-state index in [1.165, 1.54) is 0 Å². The third-order valence-electron chi connectivity index (χ3n) is 1.66. The molecule has 0 fully saturated rings. The second-order valence-corrected chi connectivity index (χ2v) is 5.72. The third-order valence-corrected chi connectivity index (χ3v) is 1.66. The van der Waals surface area contributed by atoms with Crippen molar-refractivity contribution < 1.29 is 0 Å². The average Bonchev–Trinajstić information content (AvgIpc) is 1.49. The van der Waals surface area contributed by atoms with Crippen LogP contribution in [0.5, 0.6) is 0 Å². The smallest absolute Gasteiger partial charge is 0.0112 e. The van der Waals surface area contributed by atoms with Gasteiger partial charge in [0.15, 0.2) is 0 Å². The summed E-state index contributed by atoms with van der Waals surface area (Å²) in [5.41, 5.74) is 12.0. The molecular formula is C10H24N2. The molecule has 0 saturated heterocycles. The molecule has 0 amide bonds. The number of hydrogen-bond acceptors (Lipinski definition) is 2. The maximum atomic E-state index is 5.97. The van der Waals surface area contributed by atoms with Crippen molar-refractivity contribution >= 4 is 0 Å². The first-order valence-electron chi connectivity index (χ1n) is 4.65. The van der Waals surface area contributed by atoms with Crippen LogP contribution in [0, 0.1) is 5.41 Å². The van der Waals surface area contributed by atoms with Gasteiger partial charge < -0.3 is 11.5 Å². The number of nitrogens with two attached hydrogens (primary N) is 2. The summed E-state index contributed by atoms with van der Waals surface area (Å²) in [5, 5.41) is 0. The molecule has 2 nitrogen and oxygen atoms in total. The van der Waals surface area contributed by atoms with Crippen LogP contribution in [0.15, 0.2) is 0 Å². The zero-order chi connectivity index (χ0) is 9.99. The summed E-state index contributed by atoms with van der Waals surface area (Å²) in [4.78, 5) is 0. The highest BCUT2D eigenvalue weighted by atomic mass is 14.7. The summed E-state index contributed by atoms with van der Waals surface area (Å²) in [7, 11) is 0. The molecular weight excluding hydrogens is 148 g/mol. The summed E-state index contributed by atoms with van der Waals surface area (Å²) in [6, 6.07) is 0.227. The summed E-state index contributed by atoms with van der Waals surface area (Å²) in [5.74, 6) is 0. The number of rotatable bonds is 3. The zero-order valence-electron chi connectivity index (χ0n) is 9.15. The molecule has 0 aromatic carbocycles. The fourth-order valence-corrected chi connectivity index (χ4v) is 1.53. The quantitative estimate of drug-likeness (QED) is 0.683. The van der Waals surface area contributed by atoms with Crippen LogP contribution >= 0.6 is 0 Å². The van der Waals surface area contributed by atoms with Gasteiger partial charge in [-0.1, -0.05) is 20.8 Å². The van der Waals surface area contributed by atoms with E-state index in [1.54, 1.807) is 0 Å². The Balaban J connectivity index is 3.83. The minimum atomic E-state index is -0.134. The highest BCUT2D eigenvalue weighted by Crippen LogP contribution is 2.22. The van der Waals surface area contributed by atoms with Crippen LogP contribution in [0.3, 0.4) is 0 Å². The van der Waals surface area contributed by atoms with Gasteiger partial charge in [-0.15, -0.1) is 0 Å². The van der Waals surface area contributed by atoms with Crippen molar-refractivity contribution in [3.63, 3.8) is 0 Å². The highest BCUT2D eigenvalue weighted by Gasteiger charge is 2.20. The van der Waals surface area contributed by atoms with E-state index >= 15 is 0 Å². The highest BCUT2D eigenvalue weighted by molar-refractivity contribution is 4.81. The van der Waals surface area contributed by atoms with E-state index < -0.39 is 0 Å². The molecule has 12 heavy (non-hydrogen) atoms. The van der Waals surface area contributed by atoms with Crippen molar-refractivity contribution in [2.75, 3.05) is 0 Å². The predicted octanol–water partition coefficient (Wildman–Crippen LogP) is 1.88. The van der Waals surface area contributed by atoms with Gasteiger partial charge in [-0.3, -0.25) is 0 Å². The van der Waals surface area contributed by atoms with Crippen LogP contribution in [0.2, 0.25) is 0 Å². The van der Waals surface area contributed by atoms with Gasteiger partial charge >= 0.3 is 0 Å². The molecule has 1 atom stereocenters. The van der Waals surface area contributed by atoms with E-state index in [4.69, 9.17) is 11.5 Å². The molecule has 1 unspecified atom stereocenters. The largest absolute Gasteiger partial charge is 0.328 e. The molecule has 0 spiro atoms. The van der Waals surface area contributed by atoms with E-state index in [-0.39, 0.29) is 11.6 Å². The van der Waals surface area contributed by atoms with Gasteiger partial charge in [-0.25, -0.2) is 0 Å². The lowest BCUT2D eigenvalue weighted by Gasteiger charge is -2.28. The molecule has 0 heterocycles. The van der Waals surface area contributed by atoms with E-state index in [0.29, 0.717) is 5.41 Å². The lowest BCUT2D eigenvalue weighted by Crippen LogP contribution is -2.40. The van der Waals surface area contributed by atoms with Gasteiger partial charge in [-0.2, -0.15) is 0 Å².